The van der Waals surface area contributed by atoms with Gasteiger partial charge < -0.3 is 20.0 Å². The van der Waals surface area contributed by atoms with Gasteiger partial charge in [0.25, 0.3) is 0 Å². The molecule has 0 spiro atoms. The number of hydrogen-bond acceptors (Lipinski definition) is 4. The highest BCUT2D eigenvalue weighted by atomic mass is 16.2. The summed E-state index contributed by atoms with van der Waals surface area (Å²) in [7, 11) is 0. The summed E-state index contributed by atoms with van der Waals surface area (Å²) >= 11 is 0. The first-order valence-corrected chi connectivity index (χ1v) is 10.8. The van der Waals surface area contributed by atoms with Crippen molar-refractivity contribution >= 4 is 29.1 Å². The van der Waals surface area contributed by atoms with Gasteiger partial charge in [-0.05, 0) is 44.4 Å². The molecule has 0 radical (unpaired) electrons. The molecule has 7 heteroatoms. The number of nitrogens with zero attached hydrogens (tertiary/aromatic N) is 3. The summed E-state index contributed by atoms with van der Waals surface area (Å²) in [5.41, 5.74) is 1.35. The summed E-state index contributed by atoms with van der Waals surface area (Å²) in [5.74, 6) is -0.284. The topological polar surface area (TPSA) is 73.0 Å². The van der Waals surface area contributed by atoms with Crippen LogP contribution < -0.4 is 10.2 Å². The molecule has 2 fully saturated rings. The molecule has 3 aliphatic rings. The molecule has 1 saturated heterocycles. The third-order valence-corrected chi connectivity index (χ3v) is 6.25. The maximum absolute atomic E-state index is 13.0. The number of carbonyl (C=O) groups is 3. The number of fused-ring (bicyclic) bond motifs is 1. The molecule has 2 aliphatic heterocycles. The van der Waals surface area contributed by atoms with E-state index in [1.54, 1.807) is 6.07 Å². The second-order valence-corrected chi connectivity index (χ2v) is 8.24. The van der Waals surface area contributed by atoms with Gasteiger partial charge in [-0.1, -0.05) is 19.1 Å². The fourth-order valence-electron chi connectivity index (χ4n) is 4.51. The van der Waals surface area contributed by atoms with Crippen molar-refractivity contribution in [1.82, 2.24) is 9.80 Å². The van der Waals surface area contributed by atoms with Crippen molar-refractivity contribution in [2.45, 2.75) is 57.5 Å². The van der Waals surface area contributed by atoms with Crippen LogP contribution in [0, 0.1) is 0 Å². The lowest BCUT2D eigenvalue weighted by Gasteiger charge is -2.38. The Morgan fingerprint density at radius 2 is 1.76 bits per heavy atom. The summed E-state index contributed by atoms with van der Waals surface area (Å²) in [4.78, 5) is 43.8. The highest BCUT2D eigenvalue weighted by Crippen LogP contribution is 2.33. The quantitative estimate of drug-likeness (QED) is 0.798. The Hall–Kier alpha value is -2.41. The fourth-order valence-corrected chi connectivity index (χ4v) is 4.51. The average Bonchev–Trinajstić information content (AvgIpc) is 3.57. The van der Waals surface area contributed by atoms with Gasteiger partial charge >= 0.3 is 0 Å². The molecule has 4 rings (SSSR count). The van der Waals surface area contributed by atoms with Crippen LogP contribution in [0.2, 0.25) is 0 Å². The smallest absolute Gasteiger partial charge is 0.244 e. The Morgan fingerprint density at radius 1 is 1.07 bits per heavy atom. The van der Waals surface area contributed by atoms with E-state index in [0.29, 0.717) is 23.5 Å². The van der Waals surface area contributed by atoms with E-state index < -0.39 is 0 Å². The van der Waals surface area contributed by atoms with Crippen LogP contribution in [-0.2, 0) is 14.4 Å². The normalized spacial score (nSPS) is 20.2. The lowest BCUT2D eigenvalue weighted by Crippen LogP contribution is -2.48. The number of nitrogens with one attached hydrogen (secondary N) is 1. The van der Waals surface area contributed by atoms with Gasteiger partial charge in [-0.25, -0.2) is 0 Å². The molecule has 156 valence electrons. The van der Waals surface area contributed by atoms with E-state index in [0.717, 1.165) is 45.3 Å². The van der Waals surface area contributed by atoms with Gasteiger partial charge in [-0.15, -0.1) is 0 Å². The molecule has 3 amide bonds. The van der Waals surface area contributed by atoms with E-state index in [9.17, 15) is 14.4 Å². The zero-order valence-electron chi connectivity index (χ0n) is 17.1. The molecule has 0 aromatic heterocycles. The third kappa shape index (κ3) is 4.45. The molecular formula is C22H30N4O3. The summed E-state index contributed by atoms with van der Waals surface area (Å²) in [6, 6.07) is 7.95. The van der Waals surface area contributed by atoms with Crippen molar-refractivity contribution in [3.05, 3.63) is 24.3 Å². The first-order chi connectivity index (χ1) is 14.1. The number of rotatable bonds is 6. The second kappa shape index (κ2) is 8.53. The van der Waals surface area contributed by atoms with Crippen LogP contribution in [0.5, 0.6) is 0 Å². The summed E-state index contributed by atoms with van der Waals surface area (Å²) in [6.07, 6.45) is 4.54. The lowest BCUT2D eigenvalue weighted by atomic mass is 10.0. The van der Waals surface area contributed by atoms with Crippen molar-refractivity contribution < 1.29 is 14.4 Å². The number of anilines is 2. The molecule has 2 heterocycles. The Morgan fingerprint density at radius 3 is 2.45 bits per heavy atom. The number of piperidine rings is 1. The van der Waals surface area contributed by atoms with Gasteiger partial charge in [0.1, 0.15) is 6.54 Å². The van der Waals surface area contributed by atoms with Crippen LogP contribution in [0.4, 0.5) is 11.4 Å². The zero-order valence-corrected chi connectivity index (χ0v) is 17.1. The summed E-state index contributed by atoms with van der Waals surface area (Å²) in [5, 5.41) is 2.79. The Kier molecular flexibility index (Phi) is 5.85. The largest absolute Gasteiger partial charge is 0.337 e. The Bertz CT molecular complexity index is 784. The Labute approximate surface area is 172 Å². The van der Waals surface area contributed by atoms with E-state index >= 15 is 0 Å². The van der Waals surface area contributed by atoms with Crippen molar-refractivity contribution in [3.63, 3.8) is 0 Å². The van der Waals surface area contributed by atoms with Crippen molar-refractivity contribution in [3.8, 4) is 0 Å². The molecule has 0 unspecified atom stereocenters. The molecule has 0 atom stereocenters. The van der Waals surface area contributed by atoms with Gasteiger partial charge in [-0.2, -0.15) is 0 Å². The van der Waals surface area contributed by atoms with Crippen molar-refractivity contribution in [2.75, 3.05) is 36.4 Å². The van der Waals surface area contributed by atoms with E-state index in [2.05, 4.69) is 22.0 Å². The van der Waals surface area contributed by atoms with Crippen molar-refractivity contribution in [1.29, 1.82) is 0 Å². The van der Waals surface area contributed by atoms with Gasteiger partial charge in [0.15, 0.2) is 0 Å². The molecule has 1 saturated carbocycles. The minimum absolute atomic E-state index is 0.00581. The molecule has 0 bridgehead atoms. The van der Waals surface area contributed by atoms with Gasteiger partial charge in [0.2, 0.25) is 17.7 Å². The number of amides is 3. The van der Waals surface area contributed by atoms with Gasteiger partial charge in [0, 0.05) is 38.0 Å². The predicted molar refractivity (Wildman–Crippen MR) is 112 cm³/mol. The molecule has 1 N–H and O–H groups in total. The molecule has 1 aliphatic carbocycles. The maximum Gasteiger partial charge on any atom is 0.244 e. The fraction of sp³-hybridized carbons (Fsp3) is 0.591. The van der Waals surface area contributed by atoms with Gasteiger partial charge in [0.05, 0.1) is 11.4 Å². The van der Waals surface area contributed by atoms with E-state index in [4.69, 9.17) is 0 Å². The first-order valence-electron chi connectivity index (χ1n) is 10.8. The highest BCUT2D eigenvalue weighted by molar-refractivity contribution is 6.10. The summed E-state index contributed by atoms with van der Waals surface area (Å²) in [6.45, 7) is 5.32. The number of benzene rings is 1. The van der Waals surface area contributed by atoms with Gasteiger partial charge in [-0.3, -0.25) is 14.4 Å². The third-order valence-electron chi connectivity index (χ3n) is 6.25. The minimum atomic E-state index is -0.203. The minimum Gasteiger partial charge on any atom is -0.337 e. The predicted octanol–water partition coefficient (Wildman–Crippen LogP) is 2.23. The summed E-state index contributed by atoms with van der Waals surface area (Å²) < 4.78 is 0. The molecule has 29 heavy (non-hydrogen) atoms. The standard InChI is InChI=1S/C22H30N4O3/c1-2-24-13-11-17(12-14-24)26(16-7-8-16)22(29)10-9-21(28)25-15-20(27)23-18-5-3-4-6-19(18)25/h3-6,16-17H,2,7-15H2,1H3,(H,23,27). The molecular weight excluding hydrogens is 368 g/mol. The van der Waals surface area contributed by atoms with Crippen LogP contribution >= 0.6 is 0 Å². The molecule has 1 aromatic carbocycles. The van der Waals surface area contributed by atoms with Crippen molar-refractivity contribution in [2.24, 2.45) is 0 Å². The van der Waals surface area contributed by atoms with Crippen LogP contribution in [0.25, 0.3) is 0 Å². The monoisotopic (exact) mass is 398 g/mol. The second-order valence-electron chi connectivity index (χ2n) is 8.24. The molecule has 7 nitrogen and oxygen atoms in total. The lowest BCUT2D eigenvalue weighted by molar-refractivity contribution is -0.136. The number of hydrogen-bond donors (Lipinski definition) is 1. The number of likely N-dealkylation sites (tertiary alicyclic amines) is 1. The highest BCUT2D eigenvalue weighted by Gasteiger charge is 2.38. The van der Waals surface area contributed by atoms with E-state index in [-0.39, 0.29) is 37.1 Å². The molecule has 1 aromatic rings. The average molecular weight is 399 g/mol. The first kappa shape index (κ1) is 19.9. The van der Waals surface area contributed by atoms with Crippen LogP contribution in [0.1, 0.15) is 45.4 Å². The SMILES string of the molecule is CCN1CCC(N(C(=O)CCC(=O)N2CC(=O)Nc3ccccc32)C2CC2)CC1. The number of para-hydroxylation sites is 2. The Balaban J connectivity index is 1.37. The zero-order chi connectivity index (χ0) is 20.4. The van der Waals surface area contributed by atoms with Crippen LogP contribution in [0.3, 0.4) is 0 Å². The number of carbonyl (C=O) groups excluding carboxylic acids is 3. The van der Waals surface area contributed by atoms with Crippen LogP contribution in [-0.4, -0.2) is 65.8 Å². The van der Waals surface area contributed by atoms with E-state index in [1.807, 2.05) is 18.2 Å². The van der Waals surface area contributed by atoms with E-state index in [1.165, 1.54) is 4.90 Å². The maximum atomic E-state index is 13.0. The van der Waals surface area contributed by atoms with Crippen LogP contribution in [0.15, 0.2) is 24.3 Å².